The summed E-state index contributed by atoms with van der Waals surface area (Å²) in [6.45, 7) is 6.87. The maximum atomic E-state index is 13.2. The van der Waals surface area contributed by atoms with Gasteiger partial charge in [-0.15, -0.1) is 0 Å². The van der Waals surface area contributed by atoms with Gasteiger partial charge in [-0.05, 0) is 63.9 Å². The summed E-state index contributed by atoms with van der Waals surface area (Å²) in [5.41, 5.74) is 4.50. The fourth-order valence-corrected chi connectivity index (χ4v) is 4.53. The average molecular weight is 808 g/mol. The third-order valence-corrected chi connectivity index (χ3v) is 6.66. The van der Waals surface area contributed by atoms with Crippen LogP contribution in [0, 0.1) is 42.4 Å². The molecule has 43 heavy (non-hydrogen) atoms. The Bertz CT molecular complexity index is 1610. The number of aliphatic hydroxyl groups excluding tert-OH is 2. The Kier molecular flexibility index (Phi) is 11.9. The predicted molar refractivity (Wildman–Crippen MR) is 158 cm³/mol. The Balaban J connectivity index is 0.00000506. The van der Waals surface area contributed by atoms with Gasteiger partial charge < -0.3 is 30.0 Å². The van der Waals surface area contributed by atoms with E-state index in [0.717, 1.165) is 22.4 Å². The van der Waals surface area contributed by atoms with E-state index >= 15 is 0 Å². The second-order valence-corrected chi connectivity index (χ2v) is 10.5. The van der Waals surface area contributed by atoms with E-state index in [1.807, 2.05) is 67.0 Å². The summed E-state index contributed by atoms with van der Waals surface area (Å²) >= 11 is 0. The number of hydrogen-bond donors (Lipinski definition) is 4. The minimum absolute atomic E-state index is 0. The molecule has 0 radical (unpaired) electrons. The third-order valence-electron chi connectivity index (χ3n) is 6.66. The Labute approximate surface area is 274 Å². The van der Waals surface area contributed by atoms with E-state index in [2.05, 4.69) is 16.7 Å². The first-order valence-electron chi connectivity index (χ1n) is 13.8. The van der Waals surface area contributed by atoms with Crippen LogP contribution in [0.25, 0.3) is 16.9 Å². The van der Waals surface area contributed by atoms with Crippen molar-refractivity contribution in [3.63, 3.8) is 0 Å². The quantitative estimate of drug-likeness (QED) is 0.181. The Morgan fingerprint density at radius 1 is 1.07 bits per heavy atom. The van der Waals surface area contributed by atoms with Crippen molar-refractivity contribution in [1.29, 1.82) is 5.26 Å². The molecule has 0 aliphatic heterocycles. The molecule has 0 aliphatic carbocycles. The molecule has 0 saturated carbocycles. The number of fused-ring (bicyclic) bond motifs is 1. The molecule has 0 fully saturated rings. The van der Waals surface area contributed by atoms with Crippen LogP contribution in [0.2, 0.25) is 0 Å². The zero-order valence-corrected chi connectivity index (χ0v) is 28.7. The first-order valence-corrected chi connectivity index (χ1v) is 13.8. The van der Waals surface area contributed by atoms with Crippen LogP contribution in [0.3, 0.4) is 0 Å². The van der Waals surface area contributed by atoms with E-state index in [4.69, 9.17) is 9.72 Å². The van der Waals surface area contributed by atoms with Crippen LogP contribution in [0.5, 0.6) is 5.75 Å². The van der Waals surface area contributed by atoms with E-state index < -0.39 is 30.1 Å². The number of carbonyl (C=O) groups excluding carboxylic acids is 2. The number of pyridine rings is 1. The van der Waals surface area contributed by atoms with Crippen LogP contribution in [0.1, 0.15) is 60.8 Å². The number of rotatable bonds is 11. The molecule has 2 amide bonds. The molecule has 4 aromatic rings. The minimum atomic E-state index is -1.19. The molecule has 4 N–H and O–H groups in total. The molecule has 10 nitrogen and oxygen atoms in total. The smallest absolute Gasteiger partial charge is 0.251 e. The maximum absolute atomic E-state index is 13.2. The van der Waals surface area contributed by atoms with Gasteiger partial charge in [-0.1, -0.05) is 30.3 Å². The van der Waals surface area contributed by atoms with Crippen molar-refractivity contribution in [2.24, 2.45) is 0 Å². The van der Waals surface area contributed by atoms with Crippen LogP contribution < -0.4 is 15.4 Å². The molecule has 0 bridgehead atoms. The SMILES string of the molecule is CC(C)Oc1ccc(C(=O)N[C@H](CNC(=O)[C@@H](C)O)Cc2ccc(-c3cn4cccc(C(C)O)c4n3)cc2)cc1C#N.[U]. The molecule has 0 saturated heterocycles. The molecule has 3 atom stereocenters. The van der Waals surface area contributed by atoms with Crippen molar-refractivity contribution in [2.75, 3.05) is 6.54 Å². The molecule has 4 rings (SSSR count). The van der Waals surface area contributed by atoms with E-state index in [9.17, 15) is 25.1 Å². The van der Waals surface area contributed by atoms with Gasteiger partial charge in [0.2, 0.25) is 5.91 Å². The number of aliphatic hydroxyl groups is 2. The number of nitriles is 1. The minimum Gasteiger partial charge on any atom is -0.490 e. The van der Waals surface area contributed by atoms with Gasteiger partial charge in [0.25, 0.3) is 5.91 Å². The van der Waals surface area contributed by atoms with Crippen molar-refractivity contribution >= 4 is 17.5 Å². The van der Waals surface area contributed by atoms with Crippen LogP contribution in [-0.4, -0.2) is 56.2 Å². The van der Waals surface area contributed by atoms with Gasteiger partial charge in [0.15, 0.2) is 0 Å². The van der Waals surface area contributed by atoms with Crippen molar-refractivity contribution in [1.82, 2.24) is 20.0 Å². The van der Waals surface area contributed by atoms with Gasteiger partial charge in [0, 0.05) is 66.7 Å². The molecule has 0 aliphatic rings. The van der Waals surface area contributed by atoms with Crippen molar-refractivity contribution in [2.45, 2.75) is 58.5 Å². The van der Waals surface area contributed by atoms with Crippen molar-refractivity contribution < 1.29 is 55.7 Å². The number of amides is 2. The van der Waals surface area contributed by atoms with Crippen molar-refractivity contribution in [3.05, 3.63) is 89.2 Å². The Morgan fingerprint density at radius 2 is 1.79 bits per heavy atom. The first kappa shape index (κ1) is 33.8. The molecule has 0 spiro atoms. The Morgan fingerprint density at radius 3 is 2.42 bits per heavy atom. The fraction of sp³-hybridized carbons (Fsp3) is 0.312. The van der Waals surface area contributed by atoms with E-state index in [-0.39, 0.29) is 54.9 Å². The molecular weight excluding hydrogens is 772 g/mol. The molecule has 1 unspecified atom stereocenters. The number of ether oxygens (including phenoxy) is 1. The largest absolute Gasteiger partial charge is 0.490 e. The number of hydrogen-bond acceptors (Lipinski definition) is 7. The average Bonchev–Trinajstić information content (AvgIpc) is 3.40. The fourth-order valence-electron chi connectivity index (χ4n) is 4.53. The number of nitrogens with one attached hydrogen (secondary N) is 2. The van der Waals surface area contributed by atoms with Crippen molar-refractivity contribution in [3.8, 4) is 23.1 Å². The number of imidazole rings is 1. The Hall–Kier alpha value is -3.67. The van der Waals surface area contributed by atoms with Crippen LogP contribution in [0.4, 0.5) is 0 Å². The van der Waals surface area contributed by atoms with Crippen LogP contribution in [0.15, 0.2) is 67.0 Å². The van der Waals surface area contributed by atoms with Gasteiger partial charge in [-0.2, -0.15) is 5.26 Å². The van der Waals surface area contributed by atoms with Gasteiger partial charge in [0.05, 0.1) is 29.5 Å². The number of aromatic nitrogens is 2. The summed E-state index contributed by atoms with van der Waals surface area (Å²) in [7, 11) is 0. The van der Waals surface area contributed by atoms with Crippen LogP contribution >= 0.6 is 0 Å². The molecular formula is C32H35N5O5U. The summed E-state index contributed by atoms with van der Waals surface area (Å²) in [4.78, 5) is 29.9. The first-order chi connectivity index (χ1) is 20.0. The molecule has 222 valence electrons. The standard InChI is InChI=1S/C32H35N5O5.U/c1-19(2)42-29-12-11-24(15-25(29)16-33)32(41)35-26(17-34-31(40)21(4)39)14-22-7-9-23(10-8-22)28-18-37-13-5-6-27(20(3)38)30(37)36-28;/h5-13,15,18-21,26,38-39H,14,17H2,1-4H3,(H,34,40)(H,35,41);/t20?,21-,26+;/m1./s1. The van der Waals surface area contributed by atoms with E-state index in [0.29, 0.717) is 17.8 Å². The summed E-state index contributed by atoms with van der Waals surface area (Å²) in [5, 5.41) is 34.9. The second kappa shape index (κ2) is 15.2. The molecule has 11 heteroatoms. The second-order valence-electron chi connectivity index (χ2n) is 10.5. The molecule has 2 aromatic carbocycles. The van der Waals surface area contributed by atoms with E-state index in [1.54, 1.807) is 19.1 Å². The zero-order valence-electron chi connectivity index (χ0n) is 24.5. The van der Waals surface area contributed by atoms with Crippen LogP contribution in [-0.2, 0) is 11.2 Å². The number of carbonyl (C=O) groups is 2. The summed E-state index contributed by atoms with van der Waals surface area (Å²) in [6.07, 6.45) is 2.21. The summed E-state index contributed by atoms with van der Waals surface area (Å²) < 4.78 is 7.53. The van der Waals surface area contributed by atoms with Gasteiger partial charge in [0.1, 0.15) is 23.6 Å². The third kappa shape index (κ3) is 8.68. The maximum Gasteiger partial charge on any atom is 0.251 e. The molecule has 2 heterocycles. The summed E-state index contributed by atoms with van der Waals surface area (Å²) in [5.74, 6) is -0.554. The number of nitrogens with zero attached hydrogens (tertiary/aromatic N) is 3. The topological polar surface area (TPSA) is 149 Å². The summed E-state index contributed by atoms with van der Waals surface area (Å²) in [6, 6.07) is 17.6. The predicted octanol–water partition coefficient (Wildman–Crippen LogP) is 3.55. The number of benzene rings is 2. The van der Waals surface area contributed by atoms with Gasteiger partial charge >= 0.3 is 0 Å². The normalized spacial score (nSPS) is 13.0. The van der Waals surface area contributed by atoms with E-state index in [1.165, 1.54) is 13.0 Å². The van der Waals surface area contributed by atoms with Gasteiger partial charge in [-0.25, -0.2) is 4.98 Å². The molecule has 2 aromatic heterocycles. The monoisotopic (exact) mass is 807 g/mol. The van der Waals surface area contributed by atoms with Gasteiger partial charge in [-0.3, -0.25) is 9.59 Å². The zero-order chi connectivity index (χ0) is 30.4.